The summed E-state index contributed by atoms with van der Waals surface area (Å²) in [6, 6.07) is -0.0198. The Morgan fingerprint density at radius 1 is 0.967 bits per heavy atom. The molecule has 164 valence electrons. The number of amides is 2. The lowest BCUT2D eigenvalue weighted by atomic mass is 9.83. The molecule has 2 amide bonds. The normalized spacial score (nSPS) is 25.9. The molecule has 0 unspecified atom stereocenters. The van der Waals surface area contributed by atoms with Crippen LogP contribution in [0.4, 0.5) is 5.95 Å². The zero-order chi connectivity index (χ0) is 21.4. The SMILES string of the molecule is Cc1nc(N2CCN(C)CC2)ncc1C(=O)N1CCN(C(=O)C2CCC2)[C@H](C)[C@H]1C. The maximum Gasteiger partial charge on any atom is 0.257 e. The van der Waals surface area contributed by atoms with Gasteiger partial charge < -0.3 is 19.6 Å². The topological polar surface area (TPSA) is 72.9 Å². The minimum absolute atomic E-state index is 0.0154. The van der Waals surface area contributed by atoms with E-state index in [0.29, 0.717) is 24.6 Å². The molecule has 4 rings (SSSR count). The number of likely N-dealkylation sites (N-methyl/N-ethyl adjacent to an activating group) is 1. The number of rotatable bonds is 3. The van der Waals surface area contributed by atoms with Crippen LogP contribution in [0, 0.1) is 12.8 Å². The van der Waals surface area contributed by atoms with Crippen LogP contribution < -0.4 is 4.90 Å². The molecule has 0 N–H and O–H groups in total. The van der Waals surface area contributed by atoms with Crippen LogP contribution in [0.2, 0.25) is 0 Å². The molecule has 3 aliphatic rings. The monoisotopic (exact) mass is 414 g/mol. The van der Waals surface area contributed by atoms with Gasteiger partial charge in [-0.05, 0) is 40.7 Å². The van der Waals surface area contributed by atoms with Crippen molar-refractivity contribution in [1.29, 1.82) is 0 Å². The summed E-state index contributed by atoms with van der Waals surface area (Å²) < 4.78 is 0. The van der Waals surface area contributed by atoms with E-state index in [2.05, 4.69) is 33.7 Å². The summed E-state index contributed by atoms with van der Waals surface area (Å²) in [6.07, 6.45) is 4.86. The van der Waals surface area contributed by atoms with Crippen molar-refractivity contribution >= 4 is 17.8 Å². The van der Waals surface area contributed by atoms with Crippen molar-refractivity contribution < 1.29 is 9.59 Å². The van der Waals surface area contributed by atoms with Gasteiger partial charge in [-0.2, -0.15) is 0 Å². The highest BCUT2D eigenvalue weighted by Gasteiger charge is 2.39. The number of hydrogen-bond acceptors (Lipinski definition) is 6. The standard InChI is InChI=1S/C22H34N6O2/c1-15-19(14-23-22(24-15)26-10-8-25(4)9-11-26)21(30)28-13-12-27(16(2)17(28)3)20(29)18-6-5-7-18/h14,16-18H,5-13H2,1-4H3/t16-,17-/m1/s1. The molecule has 3 heterocycles. The number of aromatic nitrogens is 2. The Hall–Kier alpha value is -2.22. The molecule has 8 heteroatoms. The maximum absolute atomic E-state index is 13.3. The van der Waals surface area contributed by atoms with Gasteiger partial charge in [0.1, 0.15) is 0 Å². The molecule has 0 aromatic carbocycles. The second kappa shape index (κ2) is 8.49. The van der Waals surface area contributed by atoms with Gasteiger partial charge in [-0.1, -0.05) is 6.42 Å². The Bertz CT molecular complexity index is 803. The minimum Gasteiger partial charge on any atom is -0.338 e. The summed E-state index contributed by atoms with van der Waals surface area (Å²) >= 11 is 0. The summed E-state index contributed by atoms with van der Waals surface area (Å²) in [6.45, 7) is 10.9. The Balaban J connectivity index is 1.44. The number of carbonyl (C=O) groups excluding carboxylic acids is 2. The molecule has 1 aliphatic carbocycles. The van der Waals surface area contributed by atoms with Crippen LogP contribution in [0.25, 0.3) is 0 Å². The van der Waals surface area contributed by atoms with Crippen LogP contribution in [0.15, 0.2) is 6.20 Å². The average molecular weight is 415 g/mol. The molecule has 2 atom stereocenters. The fourth-order valence-electron chi connectivity index (χ4n) is 4.61. The van der Waals surface area contributed by atoms with Gasteiger partial charge in [-0.25, -0.2) is 9.97 Å². The lowest BCUT2D eigenvalue weighted by Gasteiger charge is -2.46. The minimum atomic E-state index is -0.0352. The molecular weight excluding hydrogens is 380 g/mol. The van der Waals surface area contributed by atoms with Crippen LogP contribution in [-0.2, 0) is 4.79 Å². The third-order valence-corrected chi connectivity index (χ3v) is 7.24. The van der Waals surface area contributed by atoms with Crippen molar-refractivity contribution in [2.24, 2.45) is 5.92 Å². The predicted molar refractivity (Wildman–Crippen MR) is 115 cm³/mol. The Morgan fingerprint density at radius 2 is 1.60 bits per heavy atom. The first-order chi connectivity index (χ1) is 14.4. The smallest absolute Gasteiger partial charge is 0.257 e. The fraction of sp³-hybridized carbons (Fsp3) is 0.727. The number of piperazine rings is 2. The van der Waals surface area contributed by atoms with E-state index in [1.165, 1.54) is 0 Å². The molecule has 0 spiro atoms. The lowest BCUT2D eigenvalue weighted by molar-refractivity contribution is -0.143. The van der Waals surface area contributed by atoms with E-state index in [9.17, 15) is 9.59 Å². The highest BCUT2D eigenvalue weighted by Crippen LogP contribution is 2.31. The highest BCUT2D eigenvalue weighted by atomic mass is 16.2. The van der Waals surface area contributed by atoms with Crippen molar-refractivity contribution in [3.63, 3.8) is 0 Å². The summed E-state index contributed by atoms with van der Waals surface area (Å²) in [5, 5.41) is 0. The van der Waals surface area contributed by atoms with Gasteiger partial charge in [0.05, 0.1) is 11.3 Å². The molecule has 0 bridgehead atoms. The van der Waals surface area contributed by atoms with Gasteiger partial charge in [0.2, 0.25) is 11.9 Å². The molecule has 1 aromatic rings. The first kappa shape index (κ1) is 21.0. The van der Waals surface area contributed by atoms with Crippen molar-refractivity contribution in [2.45, 2.75) is 52.1 Å². The van der Waals surface area contributed by atoms with Gasteiger partial charge in [-0.3, -0.25) is 9.59 Å². The van der Waals surface area contributed by atoms with Gasteiger partial charge in [-0.15, -0.1) is 0 Å². The van der Waals surface area contributed by atoms with Crippen LogP contribution in [0.3, 0.4) is 0 Å². The Morgan fingerprint density at radius 3 is 2.20 bits per heavy atom. The van der Waals surface area contributed by atoms with E-state index in [4.69, 9.17) is 0 Å². The quantitative estimate of drug-likeness (QED) is 0.745. The van der Waals surface area contributed by atoms with E-state index in [1.54, 1.807) is 6.20 Å². The predicted octanol–water partition coefficient (Wildman–Crippen LogP) is 1.40. The Labute approximate surface area is 179 Å². The van der Waals surface area contributed by atoms with Crippen LogP contribution in [0.5, 0.6) is 0 Å². The van der Waals surface area contributed by atoms with E-state index in [-0.39, 0.29) is 29.8 Å². The van der Waals surface area contributed by atoms with Crippen LogP contribution >= 0.6 is 0 Å². The first-order valence-corrected chi connectivity index (χ1v) is 11.3. The number of hydrogen-bond donors (Lipinski definition) is 0. The largest absolute Gasteiger partial charge is 0.338 e. The van der Waals surface area contributed by atoms with Crippen LogP contribution in [0.1, 0.15) is 49.2 Å². The molecule has 8 nitrogen and oxygen atoms in total. The summed E-state index contributed by atoms with van der Waals surface area (Å²) in [4.78, 5) is 43.6. The highest BCUT2D eigenvalue weighted by molar-refractivity contribution is 5.95. The summed E-state index contributed by atoms with van der Waals surface area (Å²) in [5.74, 6) is 1.13. The van der Waals surface area contributed by atoms with Gasteiger partial charge in [0, 0.05) is 63.5 Å². The molecule has 2 saturated heterocycles. The van der Waals surface area contributed by atoms with Crippen molar-refractivity contribution in [3.05, 3.63) is 17.5 Å². The molecule has 3 fully saturated rings. The fourth-order valence-corrected chi connectivity index (χ4v) is 4.61. The Kier molecular flexibility index (Phi) is 5.95. The summed E-state index contributed by atoms with van der Waals surface area (Å²) in [5.41, 5.74) is 1.28. The van der Waals surface area contributed by atoms with E-state index in [1.807, 2.05) is 23.6 Å². The number of carbonyl (C=O) groups is 2. The summed E-state index contributed by atoms with van der Waals surface area (Å²) in [7, 11) is 2.12. The number of aryl methyl sites for hydroxylation is 1. The van der Waals surface area contributed by atoms with Crippen molar-refractivity contribution in [1.82, 2.24) is 24.7 Å². The number of anilines is 1. The van der Waals surface area contributed by atoms with Gasteiger partial charge >= 0.3 is 0 Å². The number of nitrogens with zero attached hydrogens (tertiary/aromatic N) is 6. The average Bonchev–Trinajstić information content (AvgIpc) is 2.68. The molecule has 0 radical (unpaired) electrons. The van der Waals surface area contributed by atoms with Crippen LogP contribution in [-0.4, -0.2) is 94.9 Å². The van der Waals surface area contributed by atoms with Gasteiger partial charge in [0.25, 0.3) is 5.91 Å². The third kappa shape index (κ3) is 3.89. The van der Waals surface area contributed by atoms with Crippen molar-refractivity contribution in [3.8, 4) is 0 Å². The zero-order valence-corrected chi connectivity index (χ0v) is 18.7. The maximum atomic E-state index is 13.3. The second-order valence-electron chi connectivity index (χ2n) is 9.10. The van der Waals surface area contributed by atoms with E-state index < -0.39 is 0 Å². The molecular formula is C22H34N6O2. The lowest BCUT2D eigenvalue weighted by Crippen LogP contribution is -2.61. The van der Waals surface area contributed by atoms with E-state index >= 15 is 0 Å². The van der Waals surface area contributed by atoms with Crippen molar-refractivity contribution in [2.75, 3.05) is 51.2 Å². The second-order valence-corrected chi connectivity index (χ2v) is 9.10. The molecule has 2 aliphatic heterocycles. The molecule has 1 saturated carbocycles. The molecule has 30 heavy (non-hydrogen) atoms. The zero-order valence-electron chi connectivity index (χ0n) is 18.7. The molecule has 1 aromatic heterocycles. The van der Waals surface area contributed by atoms with Gasteiger partial charge in [0.15, 0.2) is 0 Å². The van der Waals surface area contributed by atoms with E-state index in [0.717, 1.165) is 51.1 Å². The third-order valence-electron chi connectivity index (χ3n) is 7.24. The first-order valence-electron chi connectivity index (χ1n) is 11.3.